The van der Waals surface area contributed by atoms with Crippen LogP contribution in [0.25, 0.3) is 0 Å². The lowest BCUT2D eigenvalue weighted by Crippen LogP contribution is -2.09. The third kappa shape index (κ3) is 3.64. The summed E-state index contributed by atoms with van der Waals surface area (Å²) in [5, 5.41) is 0.496. The lowest BCUT2D eigenvalue weighted by Gasteiger charge is -2.13. The minimum absolute atomic E-state index is 0.496. The van der Waals surface area contributed by atoms with Crippen molar-refractivity contribution in [2.75, 3.05) is 12.3 Å². The number of hydrogen-bond donors (Lipinski definition) is 1. The van der Waals surface area contributed by atoms with Gasteiger partial charge >= 0.3 is 0 Å². The minimum Gasteiger partial charge on any atom is -0.329 e. The highest BCUT2D eigenvalue weighted by molar-refractivity contribution is 7.99. The fourth-order valence-corrected chi connectivity index (χ4v) is 3.42. The first-order valence-electron chi connectivity index (χ1n) is 5.01. The topological polar surface area (TPSA) is 26.0 Å². The molecule has 1 aromatic rings. The Morgan fingerprint density at radius 3 is 2.57 bits per heavy atom. The Labute approximate surface area is 95.1 Å². The van der Waals surface area contributed by atoms with Crippen molar-refractivity contribution < 1.29 is 0 Å². The number of thiophene rings is 1. The van der Waals surface area contributed by atoms with E-state index in [9.17, 15) is 0 Å². The van der Waals surface area contributed by atoms with E-state index >= 15 is 0 Å². The molecule has 1 heterocycles. The Hall–Kier alpha value is 0.01000. The van der Waals surface area contributed by atoms with Crippen LogP contribution in [0.15, 0.2) is 12.1 Å². The lowest BCUT2D eigenvalue weighted by molar-refractivity contribution is 0.747. The van der Waals surface area contributed by atoms with Crippen LogP contribution in [0.1, 0.15) is 28.9 Å². The molecule has 1 nitrogen and oxygen atoms in total. The van der Waals surface area contributed by atoms with Crippen LogP contribution in [0, 0.1) is 12.8 Å². The highest BCUT2D eigenvalue weighted by Crippen LogP contribution is 2.33. The van der Waals surface area contributed by atoms with Crippen LogP contribution in [-0.2, 0) is 0 Å². The van der Waals surface area contributed by atoms with Gasteiger partial charge in [0, 0.05) is 16.3 Å². The maximum Gasteiger partial charge on any atom is 0.0513 e. The molecule has 0 bridgehead atoms. The Morgan fingerprint density at radius 1 is 1.43 bits per heavy atom. The summed E-state index contributed by atoms with van der Waals surface area (Å²) < 4.78 is 0. The summed E-state index contributed by atoms with van der Waals surface area (Å²) in [6.07, 6.45) is 0. The summed E-state index contributed by atoms with van der Waals surface area (Å²) in [4.78, 5) is 2.80. The average Bonchev–Trinajstić information content (AvgIpc) is 2.53. The first-order valence-corrected chi connectivity index (χ1v) is 6.88. The van der Waals surface area contributed by atoms with Crippen molar-refractivity contribution in [3.8, 4) is 0 Å². The van der Waals surface area contributed by atoms with Crippen LogP contribution in [0.5, 0.6) is 0 Å². The fourth-order valence-electron chi connectivity index (χ4n) is 1.20. The lowest BCUT2D eigenvalue weighted by atomic mass is 10.3. The van der Waals surface area contributed by atoms with E-state index in [1.165, 1.54) is 15.5 Å². The molecule has 80 valence electrons. The molecule has 0 spiro atoms. The molecule has 0 saturated carbocycles. The third-order valence-corrected chi connectivity index (χ3v) is 4.89. The zero-order valence-corrected chi connectivity index (χ0v) is 10.8. The number of thioether (sulfide) groups is 1. The minimum atomic E-state index is 0.496. The van der Waals surface area contributed by atoms with E-state index in [1.54, 1.807) is 0 Å². The van der Waals surface area contributed by atoms with Gasteiger partial charge in [-0.2, -0.15) is 11.8 Å². The molecule has 1 rings (SSSR count). The summed E-state index contributed by atoms with van der Waals surface area (Å²) >= 11 is 3.85. The molecule has 2 N–H and O–H groups in total. The van der Waals surface area contributed by atoms with E-state index in [0.717, 1.165) is 12.5 Å². The quantitative estimate of drug-likeness (QED) is 0.837. The van der Waals surface area contributed by atoms with Crippen LogP contribution in [0.4, 0.5) is 0 Å². The molecule has 0 amide bonds. The number of rotatable bonds is 5. The normalized spacial score (nSPS) is 13.5. The zero-order chi connectivity index (χ0) is 10.6. The number of hydrogen-bond acceptors (Lipinski definition) is 3. The summed E-state index contributed by atoms with van der Waals surface area (Å²) in [6.45, 7) is 7.40. The first-order chi connectivity index (χ1) is 6.63. The summed E-state index contributed by atoms with van der Waals surface area (Å²) in [5.74, 6) is 1.94. The Morgan fingerprint density at radius 2 is 2.14 bits per heavy atom. The molecule has 3 heteroatoms. The molecule has 0 aromatic carbocycles. The van der Waals surface area contributed by atoms with Gasteiger partial charge in [-0.25, -0.2) is 0 Å². The van der Waals surface area contributed by atoms with Crippen LogP contribution in [-0.4, -0.2) is 12.3 Å². The van der Waals surface area contributed by atoms with Gasteiger partial charge in [-0.1, -0.05) is 13.8 Å². The second kappa shape index (κ2) is 5.79. The SMILES string of the molecule is Cc1ccc(C(CN)SCC(C)C)s1. The van der Waals surface area contributed by atoms with Gasteiger partial charge in [0.15, 0.2) is 0 Å². The van der Waals surface area contributed by atoms with Gasteiger partial charge in [0.1, 0.15) is 0 Å². The highest BCUT2D eigenvalue weighted by atomic mass is 32.2. The van der Waals surface area contributed by atoms with Crippen molar-refractivity contribution in [2.45, 2.75) is 26.0 Å². The Balaban J connectivity index is 2.54. The maximum absolute atomic E-state index is 5.79. The maximum atomic E-state index is 5.79. The largest absolute Gasteiger partial charge is 0.329 e. The average molecular weight is 229 g/mol. The van der Waals surface area contributed by atoms with Gasteiger partial charge in [-0.3, -0.25) is 0 Å². The molecule has 0 aliphatic carbocycles. The molecule has 0 saturated heterocycles. The molecule has 0 fully saturated rings. The Kier molecular flexibility index (Phi) is 4.99. The molecular formula is C11H19NS2. The van der Waals surface area contributed by atoms with E-state index < -0.39 is 0 Å². The van der Waals surface area contributed by atoms with Gasteiger partial charge in [0.25, 0.3) is 0 Å². The highest BCUT2D eigenvalue weighted by Gasteiger charge is 2.12. The predicted octanol–water partition coefficient (Wildman–Crippen LogP) is 3.45. The monoisotopic (exact) mass is 229 g/mol. The smallest absolute Gasteiger partial charge is 0.0513 e. The summed E-state index contributed by atoms with van der Waals surface area (Å²) in [5.41, 5.74) is 5.79. The van der Waals surface area contributed by atoms with Gasteiger partial charge in [0.05, 0.1) is 5.25 Å². The van der Waals surface area contributed by atoms with E-state index in [1.807, 2.05) is 23.1 Å². The first kappa shape index (κ1) is 12.1. The molecule has 14 heavy (non-hydrogen) atoms. The van der Waals surface area contributed by atoms with E-state index in [-0.39, 0.29) is 0 Å². The summed E-state index contributed by atoms with van der Waals surface area (Å²) in [7, 11) is 0. The van der Waals surface area contributed by atoms with Crippen molar-refractivity contribution in [1.29, 1.82) is 0 Å². The van der Waals surface area contributed by atoms with E-state index in [4.69, 9.17) is 5.73 Å². The molecule has 1 aromatic heterocycles. The van der Waals surface area contributed by atoms with Crippen LogP contribution in [0.3, 0.4) is 0 Å². The van der Waals surface area contributed by atoms with Crippen molar-refractivity contribution in [3.63, 3.8) is 0 Å². The van der Waals surface area contributed by atoms with Crippen molar-refractivity contribution in [3.05, 3.63) is 21.9 Å². The van der Waals surface area contributed by atoms with Crippen LogP contribution < -0.4 is 5.73 Å². The molecule has 0 radical (unpaired) electrons. The molecule has 0 aliphatic heterocycles. The van der Waals surface area contributed by atoms with Gasteiger partial charge < -0.3 is 5.73 Å². The van der Waals surface area contributed by atoms with Gasteiger partial charge in [-0.05, 0) is 30.7 Å². The summed E-state index contributed by atoms with van der Waals surface area (Å²) in [6, 6.07) is 4.39. The van der Waals surface area contributed by atoms with Crippen molar-refractivity contribution in [2.24, 2.45) is 11.7 Å². The van der Waals surface area contributed by atoms with Crippen LogP contribution >= 0.6 is 23.1 Å². The molecule has 0 aliphatic rings. The van der Waals surface area contributed by atoms with Crippen LogP contribution in [0.2, 0.25) is 0 Å². The second-order valence-corrected chi connectivity index (χ2v) is 6.46. The zero-order valence-electron chi connectivity index (χ0n) is 9.12. The fraction of sp³-hybridized carbons (Fsp3) is 0.636. The van der Waals surface area contributed by atoms with Crippen molar-refractivity contribution in [1.82, 2.24) is 0 Å². The van der Waals surface area contributed by atoms with Gasteiger partial charge in [-0.15, -0.1) is 11.3 Å². The number of aryl methyl sites for hydroxylation is 1. The van der Waals surface area contributed by atoms with Gasteiger partial charge in [0.2, 0.25) is 0 Å². The van der Waals surface area contributed by atoms with E-state index in [2.05, 4.69) is 32.9 Å². The number of nitrogens with two attached hydrogens (primary N) is 1. The Bertz CT molecular complexity index is 268. The predicted molar refractivity (Wildman–Crippen MR) is 68.1 cm³/mol. The third-order valence-electron chi connectivity index (χ3n) is 1.92. The van der Waals surface area contributed by atoms with Crippen molar-refractivity contribution >= 4 is 23.1 Å². The standard InChI is InChI=1S/C11H19NS2/c1-8(2)7-13-11(6-12)10-5-4-9(3)14-10/h4-5,8,11H,6-7,12H2,1-3H3. The molecule has 1 atom stereocenters. The molecular weight excluding hydrogens is 210 g/mol. The molecule has 1 unspecified atom stereocenters. The second-order valence-electron chi connectivity index (χ2n) is 3.90. The van der Waals surface area contributed by atoms with E-state index in [0.29, 0.717) is 5.25 Å².